The second kappa shape index (κ2) is 4.93. The van der Waals surface area contributed by atoms with E-state index < -0.39 is 0 Å². The molecule has 0 radical (unpaired) electrons. The summed E-state index contributed by atoms with van der Waals surface area (Å²) in [4.78, 5) is 4.32. The van der Waals surface area contributed by atoms with Crippen molar-refractivity contribution in [1.82, 2.24) is 15.6 Å². The first-order valence-corrected chi connectivity index (χ1v) is 6.04. The van der Waals surface area contributed by atoms with Gasteiger partial charge in [-0.25, -0.2) is 0 Å². The lowest BCUT2D eigenvalue weighted by atomic mass is 10.0. The molecule has 1 unspecified atom stereocenters. The summed E-state index contributed by atoms with van der Waals surface area (Å²) >= 11 is 0. The van der Waals surface area contributed by atoms with E-state index in [4.69, 9.17) is 0 Å². The molecular weight excluding hydrogens is 198 g/mol. The maximum Gasteiger partial charge on any atom is 0.0416 e. The zero-order chi connectivity index (χ0) is 11.4. The van der Waals surface area contributed by atoms with Gasteiger partial charge >= 0.3 is 0 Å². The van der Waals surface area contributed by atoms with Crippen molar-refractivity contribution in [2.75, 3.05) is 13.1 Å². The maximum absolute atomic E-state index is 4.32. The largest absolute Gasteiger partial charge is 0.312 e. The second-order valence-electron chi connectivity index (χ2n) is 5.19. The van der Waals surface area contributed by atoms with Crippen molar-refractivity contribution in [3.05, 3.63) is 30.1 Å². The van der Waals surface area contributed by atoms with Gasteiger partial charge in [-0.3, -0.25) is 4.98 Å². The molecule has 0 aromatic carbocycles. The quantitative estimate of drug-likeness (QED) is 0.802. The fourth-order valence-electron chi connectivity index (χ4n) is 2.25. The highest BCUT2D eigenvalue weighted by atomic mass is 15.1. The lowest BCUT2D eigenvalue weighted by molar-refractivity contribution is 0.443. The molecule has 2 N–H and O–H groups in total. The Balaban J connectivity index is 1.70. The van der Waals surface area contributed by atoms with Crippen LogP contribution in [0.2, 0.25) is 0 Å². The Morgan fingerprint density at radius 2 is 2.38 bits per heavy atom. The van der Waals surface area contributed by atoms with Crippen LogP contribution in [-0.2, 0) is 6.42 Å². The van der Waals surface area contributed by atoms with Crippen LogP contribution in [0.25, 0.3) is 0 Å². The smallest absolute Gasteiger partial charge is 0.0416 e. The first kappa shape index (κ1) is 11.6. The Labute approximate surface area is 97.7 Å². The summed E-state index contributed by atoms with van der Waals surface area (Å²) < 4.78 is 0. The summed E-state index contributed by atoms with van der Waals surface area (Å²) in [7, 11) is 0. The van der Waals surface area contributed by atoms with Gasteiger partial charge in [0.25, 0.3) is 0 Å². The van der Waals surface area contributed by atoms with Gasteiger partial charge in [0.1, 0.15) is 0 Å². The van der Waals surface area contributed by atoms with E-state index in [1.807, 2.05) is 18.3 Å². The van der Waals surface area contributed by atoms with E-state index in [0.29, 0.717) is 11.6 Å². The molecule has 1 fully saturated rings. The Morgan fingerprint density at radius 1 is 1.50 bits per heavy atom. The third kappa shape index (κ3) is 3.29. The van der Waals surface area contributed by atoms with Gasteiger partial charge in [-0.1, -0.05) is 6.07 Å². The Kier molecular flexibility index (Phi) is 3.56. The van der Waals surface area contributed by atoms with E-state index in [1.54, 1.807) is 0 Å². The molecule has 2 rings (SSSR count). The Bertz CT molecular complexity index is 321. The molecule has 1 aliphatic heterocycles. The zero-order valence-electron chi connectivity index (χ0n) is 10.2. The van der Waals surface area contributed by atoms with Crippen molar-refractivity contribution in [3.8, 4) is 0 Å². The normalized spacial score (nSPS) is 23.5. The number of aromatic nitrogens is 1. The molecule has 3 nitrogen and oxygen atoms in total. The van der Waals surface area contributed by atoms with Crippen LogP contribution in [0.5, 0.6) is 0 Å². The minimum Gasteiger partial charge on any atom is -0.312 e. The van der Waals surface area contributed by atoms with Crippen LogP contribution < -0.4 is 10.6 Å². The molecule has 1 saturated heterocycles. The number of rotatable bonds is 4. The van der Waals surface area contributed by atoms with Crippen molar-refractivity contribution >= 4 is 0 Å². The minimum absolute atomic E-state index is 0.294. The molecule has 1 aromatic rings. The van der Waals surface area contributed by atoms with Crippen molar-refractivity contribution in [1.29, 1.82) is 0 Å². The van der Waals surface area contributed by atoms with Crippen LogP contribution in [0.15, 0.2) is 24.4 Å². The van der Waals surface area contributed by atoms with Gasteiger partial charge in [0, 0.05) is 43.0 Å². The van der Waals surface area contributed by atoms with Gasteiger partial charge in [-0.2, -0.15) is 0 Å². The fourth-order valence-corrected chi connectivity index (χ4v) is 2.25. The summed E-state index contributed by atoms with van der Waals surface area (Å²) in [5.74, 6) is 0. The average molecular weight is 219 g/mol. The van der Waals surface area contributed by atoms with Gasteiger partial charge in [0.15, 0.2) is 0 Å². The molecule has 1 aliphatic rings. The van der Waals surface area contributed by atoms with Gasteiger partial charge in [-0.05, 0) is 32.4 Å². The summed E-state index contributed by atoms with van der Waals surface area (Å²) in [6.07, 6.45) is 4.07. The Hall–Kier alpha value is -0.930. The molecule has 0 saturated carbocycles. The molecule has 88 valence electrons. The molecule has 0 aliphatic carbocycles. The monoisotopic (exact) mass is 219 g/mol. The molecule has 16 heavy (non-hydrogen) atoms. The first-order chi connectivity index (χ1) is 7.66. The first-order valence-electron chi connectivity index (χ1n) is 6.04. The van der Waals surface area contributed by atoms with Crippen LogP contribution >= 0.6 is 0 Å². The minimum atomic E-state index is 0.294. The summed E-state index contributed by atoms with van der Waals surface area (Å²) in [6, 6.07) is 6.69. The topological polar surface area (TPSA) is 37.0 Å². The molecule has 1 atom stereocenters. The standard InChI is InChI=1S/C13H21N3/c1-13(2)9-12(10-16-13)15-8-6-11-5-3-4-7-14-11/h3-5,7,12,15-16H,6,8-10H2,1-2H3. The van der Waals surface area contributed by atoms with E-state index in [0.717, 1.165) is 19.5 Å². The summed E-state index contributed by atoms with van der Waals surface area (Å²) in [6.45, 7) is 6.61. The predicted octanol–water partition coefficient (Wildman–Crippen LogP) is 1.35. The zero-order valence-corrected chi connectivity index (χ0v) is 10.2. The number of hydrogen-bond acceptors (Lipinski definition) is 3. The van der Waals surface area contributed by atoms with Crippen molar-refractivity contribution < 1.29 is 0 Å². The molecule has 0 bridgehead atoms. The third-order valence-corrected chi connectivity index (χ3v) is 3.12. The highest BCUT2D eigenvalue weighted by Crippen LogP contribution is 2.17. The van der Waals surface area contributed by atoms with Crippen LogP contribution in [0.1, 0.15) is 26.0 Å². The lowest BCUT2D eigenvalue weighted by Gasteiger charge is -2.17. The van der Waals surface area contributed by atoms with E-state index in [2.05, 4.69) is 35.5 Å². The highest BCUT2D eigenvalue weighted by Gasteiger charge is 2.29. The fraction of sp³-hybridized carbons (Fsp3) is 0.615. The lowest BCUT2D eigenvalue weighted by Crippen LogP contribution is -2.32. The number of nitrogens with zero attached hydrogens (tertiary/aromatic N) is 1. The molecule has 3 heteroatoms. The Morgan fingerprint density at radius 3 is 3.00 bits per heavy atom. The van der Waals surface area contributed by atoms with Gasteiger partial charge < -0.3 is 10.6 Å². The van der Waals surface area contributed by atoms with Gasteiger partial charge in [-0.15, -0.1) is 0 Å². The average Bonchev–Trinajstić information content (AvgIpc) is 2.60. The third-order valence-electron chi connectivity index (χ3n) is 3.12. The number of pyridine rings is 1. The van der Waals surface area contributed by atoms with Crippen LogP contribution in [-0.4, -0.2) is 29.7 Å². The second-order valence-corrected chi connectivity index (χ2v) is 5.19. The SMILES string of the molecule is CC1(C)CC(NCCc2ccccn2)CN1. The number of hydrogen-bond donors (Lipinski definition) is 2. The van der Waals surface area contributed by atoms with Gasteiger partial charge in [0.05, 0.1) is 0 Å². The molecule has 2 heterocycles. The van der Waals surface area contributed by atoms with Crippen LogP contribution in [0.3, 0.4) is 0 Å². The molecular formula is C13H21N3. The highest BCUT2D eigenvalue weighted by molar-refractivity contribution is 5.04. The number of nitrogens with one attached hydrogen (secondary N) is 2. The molecule has 1 aromatic heterocycles. The van der Waals surface area contributed by atoms with Gasteiger partial charge in [0.2, 0.25) is 0 Å². The summed E-state index contributed by atoms with van der Waals surface area (Å²) in [5, 5.41) is 7.10. The predicted molar refractivity (Wildman–Crippen MR) is 66.4 cm³/mol. The molecule has 0 amide bonds. The molecule has 0 spiro atoms. The summed E-state index contributed by atoms with van der Waals surface area (Å²) in [5.41, 5.74) is 1.46. The van der Waals surface area contributed by atoms with E-state index in [1.165, 1.54) is 12.1 Å². The maximum atomic E-state index is 4.32. The van der Waals surface area contributed by atoms with Crippen molar-refractivity contribution in [2.24, 2.45) is 0 Å². The van der Waals surface area contributed by atoms with Crippen LogP contribution in [0.4, 0.5) is 0 Å². The van der Waals surface area contributed by atoms with E-state index in [-0.39, 0.29) is 0 Å². The van der Waals surface area contributed by atoms with Crippen molar-refractivity contribution in [2.45, 2.75) is 38.3 Å². The van der Waals surface area contributed by atoms with E-state index >= 15 is 0 Å². The van der Waals surface area contributed by atoms with Crippen molar-refractivity contribution in [3.63, 3.8) is 0 Å². The van der Waals surface area contributed by atoms with Crippen LogP contribution in [0, 0.1) is 0 Å². The van der Waals surface area contributed by atoms with E-state index in [9.17, 15) is 0 Å².